The Morgan fingerprint density at radius 1 is 1.19 bits per heavy atom. The van der Waals surface area contributed by atoms with Crippen LogP contribution in [0.3, 0.4) is 0 Å². The number of hydrogen-bond acceptors (Lipinski definition) is 2. The van der Waals surface area contributed by atoms with Crippen molar-refractivity contribution in [3.05, 3.63) is 30.3 Å². The first kappa shape index (κ1) is 11.4. The van der Waals surface area contributed by atoms with Crippen molar-refractivity contribution >= 4 is 18.4 Å². The van der Waals surface area contributed by atoms with E-state index in [1.54, 1.807) is 11.8 Å². The molecule has 1 aromatic rings. The van der Waals surface area contributed by atoms with Gasteiger partial charge in [-0.3, -0.25) is 4.79 Å². The van der Waals surface area contributed by atoms with E-state index < -0.39 is 7.14 Å². The molecular weight excluding hydrogens is 221 g/mol. The molecule has 1 heterocycles. The van der Waals surface area contributed by atoms with Gasteiger partial charge in [-0.15, -0.1) is 0 Å². The topological polar surface area (TPSA) is 37.4 Å². The maximum absolute atomic E-state index is 12.7. The zero-order valence-corrected chi connectivity index (χ0v) is 10.3. The Balaban J connectivity index is 2.13. The molecule has 0 saturated carbocycles. The molecule has 1 saturated heterocycles. The first-order chi connectivity index (χ1) is 7.62. The van der Waals surface area contributed by atoms with Crippen molar-refractivity contribution in [1.29, 1.82) is 0 Å². The van der Waals surface area contributed by atoms with Crippen LogP contribution in [0, 0.1) is 0 Å². The van der Waals surface area contributed by atoms with E-state index in [0.29, 0.717) is 25.4 Å². The van der Waals surface area contributed by atoms with Crippen LogP contribution in [0.4, 0.5) is 0 Å². The lowest BCUT2D eigenvalue weighted by atomic mass is 10.4. The minimum Gasteiger partial charge on any atom is -0.342 e. The summed E-state index contributed by atoms with van der Waals surface area (Å²) in [5.41, 5.74) is 0. The van der Waals surface area contributed by atoms with E-state index in [1.807, 2.05) is 30.3 Å². The molecule has 0 spiro atoms. The summed E-state index contributed by atoms with van der Waals surface area (Å²) in [6, 6.07) is 9.65. The normalized spacial score (nSPS) is 19.4. The molecule has 3 nitrogen and oxygen atoms in total. The number of carbonyl (C=O) groups excluding carboxylic acids is 1. The van der Waals surface area contributed by atoms with E-state index in [-0.39, 0.29) is 5.91 Å². The fraction of sp³-hybridized carbons (Fsp3) is 0.417. The zero-order chi connectivity index (χ0) is 11.6. The minimum atomic E-state index is -2.24. The van der Waals surface area contributed by atoms with Gasteiger partial charge >= 0.3 is 0 Å². The second-order valence-electron chi connectivity index (χ2n) is 4.18. The molecule has 0 atom stereocenters. The molecule has 16 heavy (non-hydrogen) atoms. The standard InChI is InChI=1S/C12H16NO2P/c1-11(14)13-7-9-16(15,10-8-13)12-5-3-2-4-6-12/h2-6H,7-10H2,1H3. The maximum Gasteiger partial charge on any atom is 0.219 e. The fourth-order valence-electron chi connectivity index (χ4n) is 2.06. The van der Waals surface area contributed by atoms with Crippen LogP contribution in [0.5, 0.6) is 0 Å². The summed E-state index contributed by atoms with van der Waals surface area (Å²) in [5.74, 6) is 0.0827. The molecule has 1 amide bonds. The van der Waals surface area contributed by atoms with Gasteiger partial charge in [-0.25, -0.2) is 0 Å². The molecule has 2 rings (SSSR count). The highest BCUT2D eigenvalue weighted by molar-refractivity contribution is 7.71. The van der Waals surface area contributed by atoms with E-state index in [0.717, 1.165) is 5.30 Å². The Bertz CT molecular complexity index is 418. The molecule has 0 radical (unpaired) electrons. The molecule has 0 unspecified atom stereocenters. The molecule has 86 valence electrons. The van der Waals surface area contributed by atoms with Crippen molar-refractivity contribution in [3.63, 3.8) is 0 Å². The van der Waals surface area contributed by atoms with Crippen molar-refractivity contribution in [2.45, 2.75) is 6.92 Å². The number of rotatable bonds is 1. The average Bonchev–Trinajstić information content (AvgIpc) is 2.31. The lowest BCUT2D eigenvalue weighted by Gasteiger charge is -2.31. The first-order valence-electron chi connectivity index (χ1n) is 5.51. The van der Waals surface area contributed by atoms with E-state index in [9.17, 15) is 9.36 Å². The molecule has 0 N–H and O–H groups in total. The molecular formula is C12H16NO2P. The second-order valence-corrected chi connectivity index (χ2v) is 7.37. The van der Waals surface area contributed by atoms with Crippen molar-refractivity contribution in [1.82, 2.24) is 4.90 Å². The maximum atomic E-state index is 12.7. The molecule has 0 aliphatic carbocycles. The highest BCUT2D eigenvalue weighted by Gasteiger charge is 2.30. The fourth-order valence-corrected chi connectivity index (χ4v) is 4.65. The van der Waals surface area contributed by atoms with Crippen LogP contribution in [0.2, 0.25) is 0 Å². The van der Waals surface area contributed by atoms with Crippen LogP contribution in [0.25, 0.3) is 0 Å². The molecule has 1 aliphatic heterocycles. The van der Waals surface area contributed by atoms with Gasteiger partial charge in [0, 0.05) is 37.6 Å². The van der Waals surface area contributed by atoms with E-state index in [4.69, 9.17) is 0 Å². The third kappa shape index (κ3) is 2.19. The highest BCUT2D eigenvalue weighted by Crippen LogP contribution is 2.45. The molecule has 0 aromatic heterocycles. The van der Waals surface area contributed by atoms with Gasteiger partial charge in [0.1, 0.15) is 7.14 Å². The number of carbonyl (C=O) groups is 1. The van der Waals surface area contributed by atoms with Crippen LogP contribution >= 0.6 is 7.14 Å². The van der Waals surface area contributed by atoms with Gasteiger partial charge in [0.05, 0.1) is 0 Å². The third-order valence-corrected chi connectivity index (χ3v) is 6.22. The Labute approximate surface area is 95.8 Å². The summed E-state index contributed by atoms with van der Waals surface area (Å²) < 4.78 is 12.7. The summed E-state index contributed by atoms with van der Waals surface area (Å²) in [6.45, 7) is 2.82. The van der Waals surface area contributed by atoms with Gasteiger partial charge in [-0.1, -0.05) is 30.3 Å². The summed E-state index contributed by atoms with van der Waals surface area (Å²) in [7, 11) is -2.24. The van der Waals surface area contributed by atoms with Gasteiger partial charge < -0.3 is 9.46 Å². The highest BCUT2D eigenvalue weighted by atomic mass is 31.2. The van der Waals surface area contributed by atoms with Crippen LogP contribution in [0.15, 0.2) is 30.3 Å². The van der Waals surface area contributed by atoms with Gasteiger partial charge in [-0.2, -0.15) is 0 Å². The summed E-state index contributed by atoms with van der Waals surface area (Å²) in [4.78, 5) is 13.0. The monoisotopic (exact) mass is 237 g/mol. The first-order valence-corrected chi connectivity index (χ1v) is 7.59. The lowest BCUT2D eigenvalue weighted by Crippen LogP contribution is -2.39. The molecule has 1 fully saturated rings. The molecule has 1 aliphatic rings. The Morgan fingerprint density at radius 2 is 1.75 bits per heavy atom. The molecule has 4 heteroatoms. The minimum absolute atomic E-state index is 0.0827. The number of nitrogens with zero attached hydrogens (tertiary/aromatic N) is 1. The number of benzene rings is 1. The summed E-state index contributed by atoms with van der Waals surface area (Å²) in [5, 5.41) is 0.957. The van der Waals surface area contributed by atoms with Crippen molar-refractivity contribution < 1.29 is 9.36 Å². The van der Waals surface area contributed by atoms with Crippen LogP contribution < -0.4 is 5.30 Å². The van der Waals surface area contributed by atoms with Gasteiger partial charge in [-0.05, 0) is 0 Å². The predicted molar refractivity (Wildman–Crippen MR) is 65.7 cm³/mol. The van der Waals surface area contributed by atoms with Crippen molar-refractivity contribution in [2.75, 3.05) is 25.4 Å². The van der Waals surface area contributed by atoms with Crippen molar-refractivity contribution in [3.8, 4) is 0 Å². The SMILES string of the molecule is CC(=O)N1CCP(=O)(c2ccccc2)CC1. The van der Waals surface area contributed by atoms with Crippen LogP contribution in [-0.2, 0) is 9.36 Å². The summed E-state index contributed by atoms with van der Waals surface area (Å²) >= 11 is 0. The van der Waals surface area contributed by atoms with Crippen LogP contribution in [-0.4, -0.2) is 36.2 Å². The Hall–Kier alpha value is -1.08. The zero-order valence-electron chi connectivity index (χ0n) is 9.43. The number of hydrogen-bond donors (Lipinski definition) is 0. The average molecular weight is 237 g/mol. The van der Waals surface area contributed by atoms with E-state index in [1.165, 1.54) is 0 Å². The largest absolute Gasteiger partial charge is 0.342 e. The van der Waals surface area contributed by atoms with Gasteiger partial charge in [0.15, 0.2) is 0 Å². The molecule has 0 bridgehead atoms. The second kappa shape index (κ2) is 4.42. The molecule has 1 aromatic carbocycles. The Kier molecular flexibility index (Phi) is 3.15. The van der Waals surface area contributed by atoms with E-state index >= 15 is 0 Å². The lowest BCUT2D eigenvalue weighted by molar-refractivity contribution is -0.128. The quantitative estimate of drug-likeness (QED) is 0.695. The number of amides is 1. The Morgan fingerprint density at radius 3 is 2.25 bits per heavy atom. The van der Waals surface area contributed by atoms with E-state index in [2.05, 4.69) is 0 Å². The van der Waals surface area contributed by atoms with Crippen LogP contribution in [0.1, 0.15) is 6.92 Å². The van der Waals surface area contributed by atoms with Gasteiger partial charge in [0.25, 0.3) is 0 Å². The third-order valence-electron chi connectivity index (χ3n) is 3.13. The van der Waals surface area contributed by atoms with Gasteiger partial charge in [0.2, 0.25) is 5.91 Å². The summed E-state index contributed by atoms with van der Waals surface area (Å²) in [6.07, 6.45) is 1.24. The van der Waals surface area contributed by atoms with Crippen molar-refractivity contribution in [2.24, 2.45) is 0 Å². The smallest absolute Gasteiger partial charge is 0.219 e. The predicted octanol–water partition coefficient (Wildman–Crippen LogP) is 1.54.